The Labute approximate surface area is 187 Å². The van der Waals surface area contributed by atoms with Gasteiger partial charge in [0, 0.05) is 28.2 Å². The Morgan fingerprint density at radius 1 is 1.13 bits per heavy atom. The summed E-state index contributed by atoms with van der Waals surface area (Å²) < 4.78 is 34.8. The van der Waals surface area contributed by atoms with E-state index in [0.29, 0.717) is 30.4 Å². The predicted molar refractivity (Wildman–Crippen MR) is 119 cm³/mol. The summed E-state index contributed by atoms with van der Waals surface area (Å²) in [6.07, 6.45) is 1.68. The van der Waals surface area contributed by atoms with Crippen molar-refractivity contribution in [3.63, 3.8) is 0 Å². The summed E-state index contributed by atoms with van der Waals surface area (Å²) in [6, 6.07) is 11.5. The third kappa shape index (κ3) is 4.59. The quantitative estimate of drug-likeness (QED) is 0.528. The Kier molecular flexibility index (Phi) is 5.30. The van der Waals surface area contributed by atoms with E-state index in [1.54, 1.807) is 7.11 Å². The lowest BCUT2D eigenvalue weighted by atomic mass is 9.85. The summed E-state index contributed by atoms with van der Waals surface area (Å²) in [4.78, 5) is 1.89. The average molecular weight is 424 g/mol. The maximum absolute atomic E-state index is 9.11. The van der Waals surface area contributed by atoms with Gasteiger partial charge in [-0.2, -0.15) is 0 Å². The van der Waals surface area contributed by atoms with Crippen LogP contribution in [0.25, 0.3) is 0 Å². The van der Waals surface area contributed by atoms with Crippen LogP contribution in [-0.4, -0.2) is 28.8 Å². The van der Waals surface area contributed by atoms with Gasteiger partial charge >= 0.3 is 0 Å². The van der Waals surface area contributed by atoms with Crippen LogP contribution in [-0.2, 0) is 24.9 Å². The molecule has 2 aromatic carbocycles. The van der Waals surface area contributed by atoms with E-state index < -0.39 is 13.0 Å². The van der Waals surface area contributed by atoms with Crippen LogP contribution >= 0.6 is 0 Å². The summed E-state index contributed by atoms with van der Waals surface area (Å²) in [5.74, 6) is 1.73. The summed E-state index contributed by atoms with van der Waals surface area (Å²) in [5.41, 5.74) is 3.75. The van der Waals surface area contributed by atoms with Gasteiger partial charge in [0.2, 0.25) is 12.3 Å². The van der Waals surface area contributed by atoms with Gasteiger partial charge in [0.1, 0.15) is 0 Å². The van der Waals surface area contributed by atoms with E-state index in [9.17, 15) is 0 Å². The molecular formula is C25H31N3O3. The first kappa shape index (κ1) is 18.9. The predicted octanol–water partition coefficient (Wildman–Crippen LogP) is 5.07. The fourth-order valence-electron chi connectivity index (χ4n) is 3.82. The molecule has 4 rings (SSSR count). The van der Waals surface area contributed by atoms with Crippen molar-refractivity contribution < 1.29 is 16.6 Å². The van der Waals surface area contributed by atoms with E-state index in [2.05, 4.69) is 43.1 Å². The lowest BCUT2D eigenvalue weighted by Gasteiger charge is -2.27. The van der Waals surface area contributed by atoms with E-state index in [4.69, 9.17) is 16.6 Å². The number of nitrogens with zero attached hydrogens (tertiary/aromatic N) is 3. The number of ether oxygens (including phenoxy) is 2. The minimum Gasteiger partial charge on any atom is -0.493 e. The van der Waals surface area contributed by atoms with Gasteiger partial charge in [0.15, 0.2) is 11.5 Å². The third-order valence-electron chi connectivity index (χ3n) is 5.53. The fraction of sp³-hybridized carbons (Fsp3) is 0.440. The SMILES string of the molecule is [2H]C1c2ccc(C(C)(C)C)cc2C([2H])N1C(Cc1nnco1)c1ccc(OC)c(OCC)c1. The zero-order valence-electron chi connectivity index (χ0n) is 20.8. The van der Waals surface area contributed by atoms with Crippen molar-refractivity contribution in [2.45, 2.75) is 58.6 Å². The first-order valence-corrected chi connectivity index (χ1v) is 10.6. The number of hydrogen-bond donors (Lipinski definition) is 0. The van der Waals surface area contributed by atoms with Gasteiger partial charge in [-0.05, 0) is 46.7 Å². The maximum Gasteiger partial charge on any atom is 0.218 e. The topological polar surface area (TPSA) is 60.6 Å². The second-order valence-corrected chi connectivity index (χ2v) is 8.69. The van der Waals surface area contributed by atoms with E-state index in [1.807, 2.05) is 36.1 Å². The molecular weight excluding hydrogens is 390 g/mol. The molecule has 3 unspecified atom stereocenters. The highest BCUT2D eigenvalue weighted by atomic mass is 16.5. The highest BCUT2D eigenvalue weighted by Crippen LogP contribution is 2.38. The Morgan fingerprint density at radius 3 is 2.61 bits per heavy atom. The van der Waals surface area contributed by atoms with Crippen molar-refractivity contribution in [1.29, 1.82) is 0 Å². The molecule has 0 saturated carbocycles. The van der Waals surface area contributed by atoms with Crippen LogP contribution in [0, 0.1) is 0 Å². The van der Waals surface area contributed by atoms with Crippen molar-refractivity contribution in [3.05, 3.63) is 70.9 Å². The summed E-state index contributed by atoms with van der Waals surface area (Å²) in [7, 11) is 1.61. The van der Waals surface area contributed by atoms with Gasteiger partial charge in [0.05, 0.1) is 13.7 Å². The van der Waals surface area contributed by atoms with E-state index in [1.165, 1.54) is 6.39 Å². The molecule has 6 heteroatoms. The van der Waals surface area contributed by atoms with Crippen LogP contribution in [0.1, 0.15) is 64.6 Å². The normalized spacial score (nSPS) is 20.7. The number of aromatic nitrogens is 2. The lowest BCUT2D eigenvalue weighted by molar-refractivity contribution is 0.189. The zero-order valence-corrected chi connectivity index (χ0v) is 18.8. The number of hydrogen-bond acceptors (Lipinski definition) is 6. The number of fused-ring (bicyclic) bond motifs is 1. The van der Waals surface area contributed by atoms with Gasteiger partial charge in [-0.1, -0.05) is 45.0 Å². The van der Waals surface area contributed by atoms with Gasteiger partial charge in [-0.25, -0.2) is 0 Å². The van der Waals surface area contributed by atoms with Crippen LogP contribution < -0.4 is 9.47 Å². The van der Waals surface area contributed by atoms with Crippen LogP contribution in [0.15, 0.2) is 47.2 Å². The average Bonchev–Trinajstić information content (AvgIpc) is 3.38. The van der Waals surface area contributed by atoms with Gasteiger partial charge in [0.25, 0.3) is 0 Å². The van der Waals surface area contributed by atoms with Crippen molar-refractivity contribution in [2.24, 2.45) is 0 Å². The zero-order chi connectivity index (χ0) is 23.8. The van der Waals surface area contributed by atoms with E-state index >= 15 is 0 Å². The standard InChI is InChI=1S/C25H31N3O3/c1-6-30-23-12-17(8-10-22(23)29-5)21(13-24-27-26-16-31-24)28-14-18-7-9-20(25(2,3)4)11-19(18)15-28/h7-12,16,21H,6,13-15H2,1-5H3/i14D,15D. The molecule has 3 atom stereocenters. The molecule has 0 saturated heterocycles. The molecule has 1 aliphatic heterocycles. The fourth-order valence-corrected chi connectivity index (χ4v) is 3.82. The highest BCUT2D eigenvalue weighted by molar-refractivity contribution is 5.45. The molecule has 0 spiro atoms. The number of methoxy groups -OCH3 is 1. The third-order valence-corrected chi connectivity index (χ3v) is 5.53. The van der Waals surface area contributed by atoms with Gasteiger partial charge in [-0.15, -0.1) is 10.2 Å². The van der Waals surface area contributed by atoms with Crippen molar-refractivity contribution in [3.8, 4) is 11.5 Å². The maximum atomic E-state index is 9.11. The molecule has 0 amide bonds. The minimum atomic E-state index is -0.699. The molecule has 2 heterocycles. The van der Waals surface area contributed by atoms with E-state index in [0.717, 1.165) is 22.3 Å². The second-order valence-electron chi connectivity index (χ2n) is 8.69. The summed E-state index contributed by atoms with van der Waals surface area (Å²) in [6.45, 7) is 7.50. The molecule has 31 heavy (non-hydrogen) atoms. The van der Waals surface area contributed by atoms with Crippen molar-refractivity contribution in [1.82, 2.24) is 15.1 Å². The highest BCUT2D eigenvalue weighted by Gasteiger charge is 2.30. The molecule has 164 valence electrons. The number of benzene rings is 2. The molecule has 0 bridgehead atoms. The van der Waals surface area contributed by atoms with Gasteiger partial charge in [-0.3, -0.25) is 4.90 Å². The molecule has 0 radical (unpaired) electrons. The second kappa shape index (κ2) is 8.71. The van der Waals surface area contributed by atoms with Crippen LogP contribution in [0.4, 0.5) is 0 Å². The smallest absolute Gasteiger partial charge is 0.218 e. The first-order chi connectivity index (χ1) is 15.7. The first-order valence-electron chi connectivity index (χ1n) is 11.7. The molecule has 0 aliphatic carbocycles. The Morgan fingerprint density at radius 2 is 1.94 bits per heavy atom. The lowest BCUT2D eigenvalue weighted by Crippen LogP contribution is -2.25. The minimum absolute atomic E-state index is 0.0365. The Bertz CT molecular complexity index is 1100. The van der Waals surface area contributed by atoms with E-state index in [-0.39, 0.29) is 11.5 Å². The van der Waals surface area contributed by atoms with Crippen LogP contribution in [0.3, 0.4) is 0 Å². The Balaban J connectivity index is 1.77. The largest absolute Gasteiger partial charge is 0.493 e. The summed E-state index contributed by atoms with van der Waals surface area (Å²) >= 11 is 0. The molecule has 6 nitrogen and oxygen atoms in total. The van der Waals surface area contributed by atoms with Crippen molar-refractivity contribution >= 4 is 0 Å². The molecule has 3 aromatic rings. The molecule has 1 aromatic heterocycles. The molecule has 0 fully saturated rings. The summed E-state index contributed by atoms with van der Waals surface area (Å²) in [5, 5.41) is 7.88. The monoisotopic (exact) mass is 423 g/mol. The molecule has 1 aliphatic rings. The van der Waals surface area contributed by atoms with Crippen molar-refractivity contribution in [2.75, 3.05) is 13.7 Å². The molecule has 0 N–H and O–H groups in total. The Hall–Kier alpha value is -2.86. The van der Waals surface area contributed by atoms with Crippen LogP contribution in [0.2, 0.25) is 0 Å². The van der Waals surface area contributed by atoms with Gasteiger partial charge < -0.3 is 13.9 Å². The number of rotatable bonds is 7. The van der Waals surface area contributed by atoms with Crippen LogP contribution in [0.5, 0.6) is 11.5 Å².